The highest BCUT2D eigenvalue weighted by atomic mass is 16.5. The van der Waals surface area contributed by atoms with Gasteiger partial charge in [-0.2, -0.15) is 0 Å². The average Bonchev–Trinajstić information content (AvgIpc) is 2.39. The van der Waals surface area contributed by atoms with Crippen molar-refractivity contribution in [1.82, 2.24) is 14.9 Å². The van der Waals surface area contributed by atoms with Crippen molar-refractivity contribution in [2.24, 2.45) is 0 Å². The molecule has 1 aromatic rings. The number of nitrogens with one attached hydrogen (secondary N) is 1. The maximum Gasteiger partial charge on any atom is 0.203 e. The maximum absolute atomic E-state index is 5.70. The van der Waals surface area contributed by atoms with Gasteiger partial charge in [0, 0.05) is 6.54 Å². The zero-order valence-corrected chi connectivity index (χ0v) is 11.4. The Kier molecular flexibility index (Phi) is 6.21. The van der Waals surface area contributed by atoms with Gasteiger partial charge in [0.05, 0.1) is 7.11 Å². The molecule has 0 aromatic carbocycles. The van der Waals surface area contributed by atoms with Crippen LogP contribution in [-0.2, 0) is 0 Å². The summed E-state index contributed by atoms with van der Waals surface area (Å²) in [6.07, 6.45) is 2.49. The first-order valence-corrected chi connectivity index (χ1v) is 6.33. The maximum atomic E-state index is 5.70. The topological polar surface area (TPSA) is 76.3 Å². The van der Waals surface area contributed by atoms with Gasteiger partial charge in [-0.1, -0.05) is 13.8 Å². The number of nitrogens with zero attached hydrogens (tertiary/aromatic N) is 3. The number of anilines is 2. The fourth-order valence-corrected chi connectivity index (χ4v) is 1.76. The average molecular weight is 253 g/mol. The van der Waals surface area contributed by atoms with E-state index in [9.17, 15) is 0 Å². The predicted octanol–water partition coefficient (Wildman–Crippen LogP) is 1.21. The van der Waals surface area contributed by atoms with Gasteiger partial charge in [0.25, 0.3) is 0 Å². The van der Waals surface area contributed by atoms with E-state index in [2.05, 4.69) is 34.0 Å². The zero-order valence-electron chi connectivity index (χ0n) is 11.4. The summed E-state index contributed by atoms with van der Waals surface area (Å²) in [4.78, 5) is 10.4. The molecule has 18 heavy (non-hydrogen) atoms. The highest BCUT2D eigenvalue weighted by Crippen LogP contribution is 2.25. The van der Waals surface area contributed by atoms with Crippen LogP contribution in [0.25, 0.3) is 0 Å². The second-order valence-electron chi connectivity index (χ2n) is 3.95. The van der Waals surface area contributed by atoms with Gasteiger partial charge in [-0.3, -0.25) is 0 Å². The molecule has 1 aromatic heterocycles. The molecule has 0 aliphatic rings. The molecule has 0 bridgehead atoms. The molecule has 1 heterocycles. The van der Waals surface area contributed by atoms with E-state index in [1.807, 2.05) is 0 Å². The summed E-state index contributed by atoms with van der Waals surface area (Å²) in [5, 5.41) is 3.23. The van der Waals surface area contributed by atoms with Crippen molar-refractivity contribution < 1.29 is 4.74 Å². The van der Waals surface area contributed by atoms with Crippen molar-refractivity contribution in [2.45, 2.75) is 20.3 Å². The monoisotopic (exact) mass is 253 g/mol. The van der Waals surface area contributed by atoms with E-state index < -0.39 is 0 Å². The molecular weight excluding hydrogens is 230 g/mol. The third-order valence-corrected chi connectivity index (χ3v) is 2.87. The van der Waals surface area contributed by atoms with Crippen molar-refractivity contribution in [2.75, 3.05) is 44.3 Å². The lowest BCUT2D eigenvalue weighted by atomic mass is 10.3. The first kappa shape index (κ1) is 14.5. The fraction of sp³-hybridized carbons (Fsp3) is 0.667. The quantitative estimate of drug-likeness (QED) is 0.678. The van der Waals surface area contributed by atoms with Crippen LogP contribution in [0.1, 0.15) is 20.3 Å². The summed E-state index contributed by atoms with van der Waals surface area (Å²) in [5.74, 6) is 1.53. The lowest BCUT2D eigenvalue weighted by Crippen LogP contribution is -2.25. The molecule has 0 amide bonds. The number of nitrogen functional groups attached to an aromatic ring is 1. The van der Waals surface area contributed by atoms with Gasteiger partial charge in [0.15, 0.2) is 11.6 Å². The molecule has 0 fully saturated rings. The van der Waals surface area contributed by atoms with Crippen LogP contribution in [0.5, 0.6) is 5.75 Å². The van der Waals surface area contributed by atoms with Crippen LogP contribution in [-0.4, -0.2) is 48.2 Å². The van der Waals surface area contributed by atoms with Crippen LogP contribution in [0.2, 0.25) is 0 Å². The Morgan fingerprint density at radius 1 is 1.33 bits per heavy atom. The molecule has 0 spiro atoms. The van der Waals surface area contributed by atoms with Crippen LogP contribution in [0, 0.1) is 0 Å². The number of methoxy groups -OCH3 is 1. The van der Waals surface area contributed by atoms with E-state index in [0.29, 0.717) is 17.4 Å². The molecule has 0 radical (unpaired) electrons. The zero-order chi connectivity index (χ0) is 13.4. The summed E-state index contributed by atoms with van der Waals surface area (Å²) >= 11 is 0. The molecule has 0 saturated carbocycles. The normalized spacial score (nSPS) is 10.7. The molecule has 0 aliphatic carbocycles. The summed E-state index contributed by atoms with van der Waals surface area (Å²) in [6, 6.07) is 0. The summed E-state index contributed by atoms with van der Waals surface area (Å²) in [7, 11) is 1.57. The van der Waals surface area contributed by atoms with E-state index in [1.54, 1.807) is 7.11 Å². The molecule has 102 valence electrons. The molecule has 0 saturated heterocycles. The molecule has 6 heteroatoms. The van der Waals surface area contributed by atoms with Crippen molar-refractivity contribution in [3.63, 3.8) is 0 Å². The van der Waals surface area contributed by atoms with Crippen LogP contribution >= 0.6 is 0 Å². The SMILES string of the molecule is CCN(CC)CCCNc1ncnc(N)c1OC. The van der Waals surface area contributed by atoms with E-state index in [4.69, 9.17) is 10.5 Å². The van der Waals surface area contributed by atoms with Crippen LogP contribution in [0.3, 0.4) is 0 Å². The van der Waals surface area contributed by atoms with Crippen molar-refractivity contribution in [3.8, 4) is 5.75 Å². The fourth-order valence-electron chi connectivity index (χ4n) is 1.76. The smallest absolute Gasteiger partial charge is 0.203 e. The predicted molar refractivity (Wildman–Crippen MR) is 73.9 cm³/mol. The first-order valence-electron chi connectivity index (χ1n) is 6.33. The van der Waals surface area contributed by atoms with Gasteiger partial charge in [-0.15, -0.1) is 0 Å². The van der Waals surface area contributed by atoms with Crippen molar-refractivity contribution in [3.05, 3.63) is 6.33 Å². The minimum Gasteiger partial charge on any atom is -0.490 e. The van der Waals surface area contributed by atoms with Crippen LogP contribution < -0.4 is 15.8 Å². The Morgan fingerprint density at radius 2 is 2.06 bits per heavy atom. The number of hydrogen-bond donors (Lipinski definition) is 2. The lowest BCUT2D eigenvalue weighted by molar-refractivity contribution is 0.303. The molecular formula is C12H23N5O. The Morgan fingerprint density at radius 3 is 2.67 bits per heavy atom. The summed E-state index contributed by atoms with van der Waals surface area (Å²) in [6.45, 7) is 8.42. The standard InChI is InChI=1S/C12H23N5O/c1-4-17(5-2)8-6-7-14-12-10(18-3)11(13)15-9-16-12/h9H,4-8H2,1-3H3,(H3,13,14,15,16). The van der Waals surface area contributed by atoms with Crippen LogP contribution in [0.15, 0.2) is 6.33 Å². The van der Waals surface area contributed by atoms with Crippen LogP contribution in [0.4, 0.5) is 11.6 Å². The second kappa shape index (κ2) is 7.71. The van der Waals surface area contributed by atoms with Crippen molar-refractivity contribution >= 4 is 11.6 Å². The van der Waals surface area contributed by atoms with E-state index >= 15 is 0 Å². The van der Waals surface area contributed by atoms with E-state index in [0.717, 1.165) is 32.6 Å². The minimum atomic E-state index is 0.360. The third kappa shape index (κ3) is 4.03. The number of rotatable bonds is 8. The number of hydrogen-bond acceptors (Lipinski definition) is 6. The van der Waals surface area contributed by atoms with Crippen molar-refractivity contribution in [1.29, 1.82) is 0 Å². The largest absolute Gasteiger partial charge is 0.490 e. The first-order chi connectivity index (χ1) is 8.72. The minimum absolute atomic E-state index is 0.360. The number of nitrogens with two attached hydrogens (primary N) is 1. The molecule has 0 unspecified atom stereocenters. The summed E-state index contributed by atoms with van der Waals surface area (Å²) in [5.41, 5.74) is 5.70. The second-order valence-corrected chi connectivity index (χ2v) is 3.95. The lowest BCUT2D eigenvalue weighted by Gasteiger charge is -2.18. The highest BCUT2D eigenvalue weighted by Gasteiger charge is 2.08. The number of ether oxygens (including phenoxy) is 1. The molecule has 0 atom stereocenters. The van der Waals surface area contributed by atoms with Gasteiger partial charge >= 0.3 is 0 Å². The Hall–Kier alpha value is -1.56. The van der Waals surface area contributed by atoms with E-state index in [-0.39, 0.29) is 0 Å². The van der Waals surface area contributed by atoms with Gasteiger partial charge in [0.1, 0.15) is 6.33 Å². The Balaban J connectivity index is 2.42. The van der Waals surface area contributed by atoms with Gasteiger partial charge in [0.2, 0.25) is 5.75 Å². The van der Waals surface area contributed by atoms with Gasteiger partial charge in [-0.25, -0.2) is 9.97 Å². The van der Waals surface area contributed by atoms with Gasteiger partial charge < -0.3 is 20.7 Å². The number of aromatic nitrogens is 2. The van der Waals surface area contributed by atoms with E-state index in [1.165, 1.54) is 6.33 Å². The third-order valence-electron chi connectivity index (χ3n) is 2.87. The Bertz CT molecular complexity index is 354. The molecule has 6 nitrogen and oxygen atoms in total. The highest BCUT2D eigenvalue weighted by molar-refractivity contribution is 5.61. The summed E-state index contributed by atoms with van der Waals surface area (Å²) < 4.78 is 5.17. The molecule has 1 rings (SSSR count). The molecule has 0 aliphatic heterocycles. The molecule has 3 N–H and O–H groups in total. The van der Waals surface area contributed by atoms with Gasteiger partial charge in [-0.05, 0) is 26.1 Å². The Labute approximate surface area is 109 Å².